The Labute approximate surface area is 98.9 Å². The molecule has 1 unspecified atom stereocenters. The molecular weight excluding hydrogens is 208 g/mol. The Kier molecular flexibility index (Phi) is 9.92. The van der Waals surface area contributed by atoms with Crippen LogP contribution in [-0.4, -0.2) is 51.9 Å². The van der Waals surface area contributed by atoms with E-state index in [-0.39, 0.29) is 12.0 Å². The van der Waals surface area contributed by atoms with E-state index in [1.54, 1.807) is 7.11 Å². The van der Waals surface area contributed by atoms with E-state index < -0.39 is 0 Å². The van der Waals surface area contributed by atoms with Gasteiger partial charge in [-0.3, -0.25) is 0 Å². The van der Waals surface area contributed by atoms with Gasteiger partial charge in [0.15, 0.2) is 0 Å². The van der Waals surface area contributed by atoms with Crippen molar-refractivity contribution in [2.45, 2.75) is 26.7 Å². The van der Waals surface area contributed by atoms with Gasteiger partial charge in [-0.1, -0.05) is 6.92 Å². The molecule has 4 nitrogen and oxygen atoms in total. The zero-order valence-corrected chi connectivity index (χ0v) is 10.8. The smallest absolute Gasteiger partial charge is 0.0564 e. The highest BCUT2D eigenvalue weighted by Gasteiger charge is 2.25. The Bertz CT molecular complexity index is 152. The van der Waals surface area contributed by atoms with E-state index in [4.69, 9.17) is 19.3 Å². The molecule has 0 aromatic rings. The van der Waals surface area contributed by atoms with E-state index in [9.17, 15) is 0 Å². The van der Waals surface area contributed by atoms with Gasteiger partial charge in [0.2, 0.25) is 0 Å². The van der Waals surface area contributed by atoms with Crippen LogP contribution in [0.1, 0.15) is 26.7 Å². The third-order valence-corrected chi connectivity index (χ3v) is 2.29. The highest BCUT2D eigenvalue weighted by Crippen LogP contribution is 2.18. The normalized spacial score (nSPS) is 15.0. The number of ether oxygens (including phenoxy) is 3. The molecular formula is C12H26O4. The van der Waals surface area contributed by atoms with Crippen LogP contribution in [0.2, 0.25) is 0 Å². The number of methoxy groups -OCH3 is 1. The summed E-state index contributed by atoms with van der Waals surface area (Å²) in [6.07, 6.45) is 1.70. The lowest BCUT2D eigenvalue weighted by atomic mass is 9.94. The lowest BCUT2D eigenvalue weighted by molar-refractivity contribution is -0.0488. The predicted octanol–water partition coefficient (Wildman–Crippen LogP) is 1.46. The SMILES string of the molecule is CCOCC(C)(COC)COCCCCO. The van der Waals surface area contributed by atoms with E-state index in [1.807, 2.05) is 6.92 Å². The van der Waals surface area contributed by atoms with Gasteiger partial charge in [-0.05, 0) is 19.8 Å². The molecule has 0 aliphatic carbocycles. The average Bonchev–Trinajstić information content (AvgIpc) is 2.27. The molecule has 0 aromatic carbocycles. The van der Waals surface area contributed by atoms with Crippen molar-refractivity contribution >= 4 is 0 Å². The maximum absolute atomic E-state index is 8.63. The van der Waals surface area contributed by atoms with E-state index >= 15 is 0 Å². The van der Waals surface area contributed by atoms with Crippen molar-refractivity contribution in [3.8, 4) is 0 Å². The van der Waals surface area contributed by atoms with Gasteiger partial charge in [-0.2, -0.15) is 0 Å². The van der Waals surface area contributed by atoms with Gasteiger partial charge in [-0.15, -0.1) is 0 Å². The van der Waals surface area contributed by atoms with Crippen LogP contribution >= 0.6 is 0 Å². The van der Waals surface area contributed by atoms with E-state index in [2.05, 4.69) is 6.92 Å². The molecule has 0 spiro atoms. The standard InChI is InChI=1S/C12H26O4/c1-4-15-10-12(2,9-14-3)11-16-8-6-5-7-13/h13H,4-11H2,1-3H3. The Hall–Kier alpha value is -0.160. The summed E-state index contributed by atoms with van der Waals surface area (Å²) in [5, 5.41) is 8.63. The van der Waals surface area contributed by atoms with E-state index in [0.29, 0.717) is 33.0 Å². The Morgan fingerprint density at radius 2 is 1.75 bits per heavy atom. The third-order valence-electron chi connectivity index (χ3n) is 2.29. The number of aliphatic hydroxyl groups excluding tert-OH is 1. The second-order valence-electron chi connectivity index (χ2n) is 4.36. The van der Waals surface area contributed by atoms with Crippen LogP contribution in [0.15, 0.2) is 0 Å². The monoisotopic (exact) mass is 234 g/mol. The van der Waals surface area contributed by atoms with Gasteiger partial charge < -0.3 is 19.3 Å². The quantitative estimate of drug-likeness (QED) is 0.550. The first-order valence-electron chi connectivity index (χ1n) is 5.94. The van der Waals surface area contributed by atoms with Crippen LogP contribution in [-0.2, 0) is 14.2 Å². The molecule has 0 heterocycles. The topological polar surface area (TPSA) is 47.9 Å². The molecule has 0 aromatic heterocycles. The second-order valence-corrected chi connectivity index (χ2v) is 4.36. The van der Waals surface area contributed by atoms with Crippen molar-refractivity contribution in [1.82, 2.24) is 0 Å². The summed E-state index contributed by atoms with van der Waals surface area (Å²) in [5.41, 5.74) is -0.0794. The molecule has 98 valence electrons. The summed E-state index contributed by atoms with van der Waals surface area (Å²) in [5.74, 6) is 0. The van der Waals surface area contributed by atoms with E-state index in [0.717, 1.165) is 12.8 Å². The van der Waals surface area contributed by atoms with Gasteiger partial charge in [0.05, 0.1) is 19.8 Å². The van der Waals surface area contributed by atoms with Gasteiger partial charge in [-0.25, -0.2) is 0 Å². The zero-order chi connectivity index (χ0) is 12.3. The van der Waals surface area contributed by atoms with Crippen LogP contribution in [0.5, 0.6) is 0 Å². The minimum atomic E-state index is -0.0794. The summed E-state index contributed by atoms with van der Waals surface area (Å²) >= 11 is 0. The molecule has 0 saturated heterocycles. The molecule has 16 heavy (non-hydrogen) atoms. The van der Waals surface area contributed by atoms with Crippen molar-refractivity contribution in [3.05, 3.63) is 0 Å². The fourth-order valence-corrected chi connectivity index (χ4v) is 1.46. The van der Waals surface area contributed by atoms with Gasteiger partial charge in [0.1, 0.15) is 0 Å². The van der Waals surface area contributed by atoms with Crippen molar-refractivity contribution < 1.29 is 19.3 Å². The van der Waals surface area contributed by atoms with E-state index in [1.165, 1.54) is 0 Å². The minimum Gasteiger partial charge on any atom is -0.396 e. The fraction of sp³-hybridized carbons (Fsp3) is 1.00. The molecule has 0 fully saturated rings. The summed E-state index contributed by atoms with van der Waals surface area (Å²) in [4.78, 5) is 0. The van der Waals surface area contributed by atoms with Crippen molar-refractivity contribution in [2.75, 3.05) is 46.8 Å². The molecule has 0 aliphatic heterocycles. The first kappa shape index (κ1) is 15.8. The van der Waals surface area contributed by atoms with Crippen LogP contribution in [0.3, 0.4) is 0 Å². The average molecular weight is 234 g/mol. The van der Waals surface area contributed by atoms with Crippen molar-refractivity contribution in [3.63, 3.8) is 0 Å². The Morgan fingerprint density at radius 1 is 1.06 bits per heavy atom. The van der Waals surface area contributed by atoms with Gasteiger partial charge in [0, 0.05) is 32.3 Å². The van der Waals surface area contributed by atoms with Crippen LogP contribution in [0.4, 0.5) is 0 Å². The highest BCUT2D eigenvalue weighted by atomic mass is 16.5. The maximum atomic E-state index is 8.63. The summed E-state index contributed by atoms with van der Waals surface area (Å²) < 4.78 is 16.2. The maximum Gasteiger partial charge on any atom is 0.0564 e. The number of unbranched alkanes of at least 4 members (excludes halogenated alkanes) is 1. The molecule has 1 N–H and O–H groups in total. The van der Waals surface area contributed by atoms with Gasteiger partial charge in [0.25, 0.3) is 0 Å². The Balaban J connectivity index is 3.73. The third kappa shape index (κ3) is 8.05. The highest BCUT2D eigenvalue weighted by molar-refractivity contribution is 4.73. The van der Waals surface area contributed by atoms with Crippen LogP contribution < -0.4 is 0 Å². The first-order chi connectivity index (χ1) is 7.68. The zero-order valence-electron chi connectivity index (χ0n) is 10.8. The van der Waals surface area contributed by atoms with Gasteiger partial charge >= 0.3 is 0 Å². The molecule has 0 rings (SSSR count). The van der Waals surface area contributed by atoms with Crippen molar-refractivity contribution in [2.24, 2.45) is 5.41 Å². The number of rotatable bonds is 11. The molecule has 0 aliphatic rings. The fourth-order valence-electron chi connectivity index (χ4n) is 1.46. The molecule has 0 saturated carbocycles. The molecule has 0 bridgehead atoms. The minimum absolute atomic E-state index is 0.0794. The summed E-state index contributed by atoms with van der Waals surface area (Å²) in [7, 11) is 1.69. The van der Waals surface area contributed by atoms with Crippen molar-refractivity contribution in [1.29, 1.82) is 0 Å². The first-order valence-corrected chi connectivity index (χ1v) is 5.94. The number of hydrogen-bond acceptors (Lipinski definition) is 4. The summed E-state index contributed by atoms with van der Waals surface area (Å²) in [6, 6.07) is 0. The lowest BCUT2D eigenvalue weighted by Crippen LogP contribution is -2.34. The van der Waals surface area contributed by atoms with Crippen LogP contribution in [0, 0.1) is 5.41 Å². The summed E-state index contributed by atoms with van der Waals surface area (Å²) in [6.45, 7) is 7.62. The Morgan fingerprint density at radius 3 is 2.31 bits per heavy atom. The number of aliphatic hydroxyl groups is 1. The molecule has 0 radical (unpaired) electrons. The molecule has 4 heteroatoms. The van der Waals surface area contributed by atoms with Crippen LogP contribution in [0.25, 0.3) is 0 Å². The predicted molar refractivity (Wildman–Crippen MR) is 63.6 cm³/mol. The molecule has 0 amide bonds. The lowest BCUT2D eigenvalue weighted by Gasteiger charge is -2.28. The second kappa shape index (κ2) is 10.0. The number of hydrogen-bond donors (Lipinski definition) is 1. The molecule has 1 atom stereocenters. The largest absolute Gasteiger partial charge is 0.396 e.